The van der Waals surface area contributed by atoms with Crippen LogP contribution in [-0.4, -0.2) is 9.81 Å². The van der Waals surface area contributed by atoms with Crippen molar-refractivity contribution in [2.75, 3.05) is 0 Å². The van der Waals surface area contributed by atoms with Crippen LogP contribution in [0, 0.1) is 0 Å². The Labute approximate surface area is 105 Å². The zero-order valence-corrected chi connectivity index (χ0v) is 10.8. The van der Waals surface area contributed by atoms with E-state index in [1.165, 1.54) is 0 Å². The molecule has 0 N–H and O–H groups in total. The molecule has 1 aromatic heterocycles. The molecule has 1 atom stereocenters. The fraction of sp³-hybridized carbons (Fsp3) is 0.500. The molecule has 0 aromatic carbocycles. The summed E-state index contributed by atoms with van der Waals surface area (Å²) >= 11 is 9.14. The molecule has 0 saturated heterocycles. The van der Waals surface area contributed by atoms with Crippen molar-refractivity contribution in [2.24, 2.45) is 0 Å². The normalized spacial score (nSPS) is 13.9. The van der Waals surface area contributed by atoms with Gasteiger partial charge in [0.05, 0.1) is 16.3 Å². The smallest absolute Gasteiger partial charge is 0.259 e. The van der Waals surface area contributed by atoms with Gasteiger partial charge in [-0.2, -0.15) is 13.2 Å². The maximum absolute atomic E-state index is 12.3. The van der Waals surface area contributed by atoms with E-state index in [9.17, 15) is 13.2 Å². The first-order valence-corrected chi connectivity index (χ1v) is 5.99. The lowest BCUT2D eigenvalue weighted by molar-refractivity contribution is -0.137. The van der Waals surface area contributed by atoms with E-state index in [4.69, 9.17) is 11.6 Å². The summed E-state index contributed by atoms with van der Waals surface area (Å²) in [5.41, 5.74) is -0.331. The Morgan fingerprint density at radius 2 is 2.12 bits per heavy atom. The quantitative estimate of drug-likeness (QED) is 0.750. The highest BCUT2D eigenvalue weighted by Gasteiger charge is 2.31. The average molecular weight is 317 g/mol. The van der Waals surface area contributed by atoms with Gasteiger partial charge in [0.25, 0.3) is 0 Å². The third kappa shape index (κ3) is 3.63. The molecule has 0 saturated carbocycles. The molecule has 1 unspecified atom stereocenters. The van der Waals surface area contributed by atoms with E-state index in [1.807, 2.05) is 6.92 Å². The Morgan fingerprint density at radius 1 is 1.50 bits per heavy atom. The van der Waals surface area contributed by atoms with Gasteiger partial charge in [0.15, 0.2) is 0 Å². The van der Waals surface area contributed by atoms with E-state index in [2.05, 4.69) is 20.9 Å². The van der Waals surface area contributed by atoms with Crippen molar-refractivity contribution in [3.05, 3.63) is 28.5 Å². The molecule has 0 fully saturated rings. The maximum atomic E-state index is 12.3. The lowest BCUT2D eigenvalue weighted by atomic mass is 10.1. The van der Waals surface area contributed by atoms with Gasteiger partial charge in [-0.25, -0.2) is 0 Å². The molecule has 90 valence electrons. The molecule has 16 heavy (non-hydrogen) atoms. The minimum absolute atomic E-state index is 0.0627. The molecule has 1 rings (SSSR count). The SMILES string of the molecule is CCC(Br)Cc1ncc(C(F)(F)F)cc1Cl. The van der Waals surface area contributed by atoms with Crippen molar-refractivity contribution in [3.63, 3.8) is 0 Å². The Bertz CT molecular complexity index is 368. The molecule has 0 amide bonds. The van der Waals surface area contributed by atoms with E-state index in [0.29, 0.717) is 12.1 Å². The molecule has 1 heterocycles. The largest absolute Gasteiger partial charge is 0.417 e. The number of nitrogens with zero attached hydrogens (tertiary/aromatic N) is 1. The minimum atomic E-state index is -4.40. The fourth-order valence-electron chi connectivity index (χ4n) is 1.13. The van der Waals surface area contributed by atoms with Gasteiger partial charge in [-0.1, -0.05) is 34.5 Å². The third-order valence-corrected chi connectivity index (χ3v) is 3.40. The van der Waals surface area contributed by atoms with Crippen LogP contribution in [0.3, 0.4) is 0 Å². The molecule has 1 aromatic rings. The molecule has 0 radical (unpaired) electrons. The Morgan fingerprint density at radius 3 is 2.56 bits per heavy atom. The summed E-state index contributed by atoms with van der Waals surface area (Å²) in [5, 5.41) is 0.0627. The number of halogens is 5. The van der Waals surface area contributed by atoms with Gasteiger partial charge in [0.2, 0.25) is 0 Å². The summed E-state index contributed by atoms with van der Waals surface area (Å²) in [6, 6.07) is 0.916. The van der Waals surface area contributed by atoms with Gasteiger partial charge in [-0.15, -0.1) is 0 Å². The predicted molar refractivity (Wildman–Crippen MR) is 61.0 cm³/mol. The highest BCUT2D eigenvalue weighted by molar-refractivity contribution is 9.09. The van der Waals surface area contributed by atoms with Crippen molar-refractivity contribution >= 4 is 27.5 Å². The lowest BCUT2D eigenvalue weighted by Crippen LogP contribution is -2.08. The third-order valence-electron chi connectivity index (χ3n) is 2.10. The summed E-state index contributed by atoms with van der Waals surface area (Å²) in [4.78, 5) is 3.93. The second-order valence-corrected chi connectivity index (χ2v) is 5.06. The first kappa shape index (κ1) is 13.8. The molecule has 0 aliphatic heterocycles. The number of alkyl halides is 4. The van der Waals surface area contributed by atoms with Crippen LogP contribution in [0.1, 0.15) is 24.6 Å². The molecule has 0 aliphatic carbocycles. The van der Waals surface area contributed by atoms with Crippen LogP contribution >= 0.6 is 27.5 Å². The van der Waals surface area contributed by atoms with Crippen molar-refractivity contribution in [1.82, 2.24) is 4.98 Å². The van der Waals surface area contributed by atoms with Crippen molar-refractivity contribution in [3.8, 4) is 0 Å². The van der Waals surface area contributed by atoms with Gasteiger partial charge in [0.1, 0.15) is 0 Å². The number of rotatable bonds is 3. The Balaban J connectivity index is 2.92. The van der Waals surface area contributed by atoms with Crippen LogP contribution in [0.15, 0.2) is 12.3 Å². The van der Waals surface area contributed by atoms with Crippen molar-refractivity contribution in [1.29, 1.82) is 0 Å². The zero-order valence-electron chi connectivity index (χ0n) is 8.48. The molecular formula is C10H10BrClF3N. The summed E-state index contributed by atoms with van der Waals surface area (Å²) in [7, 11) is 0. The van der Waals surface area contributed by atoms with Crippen LogP contribution < -0.4 is 0 Å². The van der Waals surface area contributed by atoms with E-state index < -0.39 is 11.7 Å². The van der Waals surface area contributed by atoms with E-state index in [-0.39, 0.29) is 9.85 Å². The van der Waals surface area contributed by atoms with Crippen LogP contribution in [0.2, 0.25) is 5.02 Å². The summed E-state index contributed by atoms with van der Waals surface area (Å²) in [6.07, 6.45) is -2.20. The second kappa shape index (κ2) is 5.36. The molecule has 0 spiro atoms. The standard InChI is InChI=1S/C10H10BrClF3N/c1-2-7(11)4-9-8(12)3-6(5-16-9)10(13,14)15/h3,5,7H,2,4H2,1H3. The molecule has 6 heteroatoms. The van der Waals surface area contributed by atoms with Gasteiger partial charge >= 0.3 is 6.18 Å². The Kier molecular flexibility index (Phi) is 4.62. The monoisotopic (exact) mass is 315 g/mol. The van der Waals surface area contributed by atoms with Gasteiger partial charge in [-0.3, -0.25) is 4.98 Å². The predicted octanol–water partition coefficient (Wildman–Crippen LogP) is 4.47. The Hall–Kier alpha value is -0.290. The summed E-state index contributed by atoms with van der Waals surface area (Å²) < 4.78 is 37.0. The highest BCUT2D eigenvalue weighted by atomic mass is 79.9. The summed E-state index contributed by atoms with van der Waals surface area (Å²) in [6.45, 7) is 1.97. The first-order valence-electron chi connectivity index (χ1n) is 4.70. The van der Waals surface area contributed by atoms with E-state index in [0.717, 1.165) is 18.7 Å². The van der Waals surface area contributed by atoms with Gasteiger partial charge < -0.3 is 0 Å². The van der Waals surface area contributed by atoms with Gasteiger partial charge in [0, 0.05) is 17.4 Å². The fourth-order valence-corrected chi connectivity index (χ4v) is 1.68. The number of hydrogen-bond acceptors (Lipinski definition) is 1. The number of aromatic nitrogens is 1. The summed E-state index contributed by atoms with van der Waals surface area (Å²) in [5.74, 6) is 0. The van der Waals surface area contributed by atoms with Crippen LogP contribution in [0.4, 0.5) is 13.2 Å². The average Bonchev–Trinajstić information content (AvgIpc) is 2.19. The highest BCUT2D eigenvalue weighted by Crippen LogP contribution is 2.31. The van der Waals surface area contributed by atoms with E-state index >= 15 is 0 Å². The van der Waals surface area contributed by atoms with Crippen LogP contribution in [0.5, 0.6) is 0 Å². The topological polar surface area (TPSA) is 12.9 Å². The maximum Gasteiger partial charge on any atom is 0.417 e. The number of pyridine rings is 1. The molecule has 1 nitrogen and oxygen atoms in total. The number of hydrogen-bond donors (Lipinski definition) is 0. The zero-order chi connectivity index (χ0) is 12.3. The first-order chi connectivity index (χ1) is 7.34. The van der Waals surface area contributed by atoms with Crippen LogP contribution in [0.25, 0.3) is 0 Å². The van der Waals surface area contributed by atoms with Crippen LogP contribution in [-0.2, 0) is 12.6 Å². The van der Waals surface area contributed by atoms with Crippen molar-refractivity contribution in [2.45, 2.75) is 30.8 Å². The van der Waals surface area contributed by atoms with Gasteiger partial charge in [-0.05, 0) is 12.5 Å². The minimum Gasteiger partial charge on any atom is -0.259 e. The molecule has 0 aliphatic rings. The molecular weight excluding hydrogens is 306 g/mol. The van der Waals surface area contributed by atoms with E-state index in [1.54, 1.807) is 0 Å². The molecule has 0 bridgehead atoms. The lowest BCUT2D eigenvalue weighted by Gasteiger charge is -2.10. The van der Waals surface area contributed by atoms with Crippen molar-refractivity contribution < 1.29 is 13.2 Å². The second-order valence-electron chi connectivity index (χ2n) is 3.36.